The molecule has 1 saturated heterocycles. The summed E-state index contributed by atoms with van der Waals surface area (Å²) in [6.45, 7) is 9.71. The van der Waals surface area contributed by atoms with Gasteiger partial charge in [0.2, 0.25) is 0 Å². The predicted octanol–water partition coefficient (Wildman–Crippen LogP) is 2.96. The lowest BCUT2D eigenvalue weighted by molar-refractivity contribution is 0.143. The van der Waals surface area contributed by atoms with Crippen molar-refractivity contribution in [3.05, 3.63) is 23.8 Å². The van der Waals surface area contributed by atoms with Crippen molar-refractivity contribution in [1.29, 1.82) is 0 Å². The van der Waals surface area contributed by atoms with E-state index in [1.165, 1.54) is 19.5 Å². The maximum Gasteiger partial charge on any atom is 0.191 e. The number of guanidine groups is 1. The number of hydrogen-bond acceptors (Lipinski definition) is 4. The Balaban J connectivity index is 0.00000364. The van der Waals surface area contributed by atoms with Gasteiger partial charge in [0.05, 0.1) is 14.2 Å². The summed E-state index contributed by atoms with van der Waals surface area (Å²) in [4.78, 5) is 6.86. The third-order valence-corrected chi connectivity index (χ3v) is 4.80. The molecular formula is C20H35IN4O2. The van der Waals surface area contributed by atoms with Gasteiger partial charge in [0, 0.05) is 39.8 Å². The Morgan fingerprint density at radius 1 is 1.11 bits per heavy atom. The summed E-state index contributed by atoms with van der Waals surface area (Å²) in [6.07, 6.45) is 1.35. The zero-order chi connectivity index (χ0) is 18.9. The molecule has 0 spiro atoms. The Morgan fingerprint density at radius 3 is 2.37 bits per heavy atom. The third-order valence-electron chi connectivity index (χ3n) is 4.80. The van der Waals surface area contributed by atoms with E-state index in [1.807, 2.05) is 18.2 Å². The lowest BCUT2D eigenvalue weighted by atomic mass is 9.92. The molecule has 0 saturated carbocycles. The van der Waals surface area contributed by atoms with Crippen LogP contribution in [0, 0.1) is 11.8 Å². The second kappa shape index (κ2) is 12.3. The normalized spacial score (nSPS) is 20.6. The van der Waals surface area contributed by atoms with E-state index in [2.05, 4.69) is 34.4 Å². The lowest BCUT2D eigenvalue weighted by Gasteiger charge is -2.35. The minimum Gasteiger partial charge on any atom is -0.493 e. The fraction of sp³-hybridized carbons (Fsp3) is 0.650. The topological polar surface area (TPSA) is 58.1 Å². The average molecular weight is 490 g/mol. The number of methoxy groups -OCH3 is 2. The molecule has 6 nitrogen and oxygen atoms in total. The fourth-order valence-corrected chi connectivity index (χ4v) is 3.70. The number of likely N-dealkylation sites (tertiary alicyclic amines) is 1. The van der Waals surface area contributed by atoms with Crippen molar-refractivity contribution in [2.75, 3.05) is 47.4 Å². The Hall–Kier alpha value is -1.22. The van der Waals surface area contributed by atoms with Gasteiger partial charge in [-0.15, -0.1) is 24.0 Å². The van der Waals surface area contributed by atoms with E-state index in [0.29, 0.717) is 6.54 Å². The first kappa shape index (κ1) is 23.8. The van der Waals surface area contributed by atoms with E-state index in [0.717, 1.165) is 47.9 Å². The largest absolute Gasteiger partial charge is 0.493 e. The minimum absolute atomic E-state index is 0. The maximum absolute atomic E-state index is 5.36. The van der Waals surface area contributed by atoms with Gasteiger partial charge < -0.3 is 25.0 Å². The molecule has 1 aromatic rings. The highest BCUT2D eigenvalue weighted by Gasteiger charge is 2.21. The molecule has 1 heterocycles. The quantitative estimate of drug-likeness (QED) is 0.350. The number of aliphatic imine (C=N–C) groups is 1. The van der Waals surface area contributed by atoms with Crippen molar-refractivity contribution >= 4 is 29.9 Å². The Kier molecular flexibility index (Phi) is 10.8. The van der Waals surface area contributed by atoms with E-state index in [4.69, 9.17) is 9.47 Å². The molecule has 0 bridgehead atoms. The van der Waals surface area contributed by atoms with Gasteiger partial charge >= 0.3 is 0 Å². The molecule has 1 aromatic carbocycles. The van der Waals surface area contributed by atoms with Crippen molar-refractivity contribution in [1.82, 2.24) is 15.5 Å². The molecule has 2 atom stereocenters. The molecule has 0 aliphatic carbocycles. The van der Waals surface area contributed by atoms with E-state index >= 15 is 0 Å². The molecule has 1 aliphatic rings. The number of nitrogens with zero attached hydrogens (tertiary/aromatic N) is 2. The van der Waals surface area contributed by atoms with Crippen LogP contribution >= 0.6 is 24.0 Å². The highest BCUT2D eigenvalue weighted by Crippen LogP contribution is 2.27. The molecule has 27 heavy (non-hydrogen) atoms. The number of benzene rings is 1. The van der Waals surface area contributed by atoms with Gasteiger partial charge in [-0.3, -0.25) is 4.99 Å². The highest BCUT2D eigenvalue weighted by atomic mass is 127. The molecule has 2 unspecified atom stereocenters. The Labute approximate surface area is 181 Å². The Bertz CT molecular complexity index is 587. The second-order valence-electron chi connectivity index (χ2n) is 7.25. The van der Waals surface area contributed by atoms with Crippen LogP contribution < -0.4 is 20.1 Å². The van der Waals surface area contributed by atoms with Gasteiger partial charge in [0.15, 0.2) is 17.5 Å². The first-order valence-electron chi connectivity index (χ1n) is 9.43. The molecular weight excluding hydrogens is 455 g/mol. The van der Waals surface area contributed by atoms with E-state index in [9.17, 15) is 0 Å². The van der Waals surface area contributed by atoms with Gasteiger partial charge in [-0.2, -0.15) is 0 Å². The van der Waals surface area contributed by atoms with Crippen molar-refractivity contribution in [3.63, 3.8) is 0 Å². The minimum atomic E-state index is 0. The zero-order valence-corrected chi connectivity index (χ0v) is 19.6. The summed E-state index contributed by atoms with van der Waals surface area (Å²) >= 11 is 0. The number of piperidine rings is 1. The first-order chi connectivity index (χ1) is 12.5. The second-order valence-corrected chi connectivity index (χ2v) is 7.25. The number of nitrogens with one attached hydrogen (secondary N) is 2. The fourth-order valence-electron chi connectivity index (χ4n) is 3.70. The van der Waals surface area contributed by atoms with Gasteiger partial charge in [0.1, 0.15) is 0 Å². The van der Waals surface area contributed by atoms with Gasteiger partial charge in [0.25, 0.3) is 0 Å². The highest BCUT2D eigenvalue weighted by molar-refractivity contribution is 14.0. The summed E-state index contributed by atoms with van der Waals surface area (Å²) < 4.78 is 10.6. The van der Waals surface area contributed by atoms with Crippen LogP contribution in [0.4, 0.5) is 0 Å². The van der Waals surface area contributed by atoms with Crippen LogP contribution in [0.5, 0.6) is 11.5 Å². The summed E-state index contributed by atoms with van der Waals surface area (Å²) in [5, 5.41) is 6.76. The van der Waals surface area contributed by atoms with Gasteiger partial charge in [-0.1, -0.05) is 19.9 Å². The SMILES string of the molecule is CN=C(NCCN1CC(C)CC(C)C1)NCc1ccc(OC)c(OC)c1.I. The van der Waals surface area contributed by atoms with Crippen molar-refractivity contribution in [2.45, 2.75) is 26.8 Å². The van der Waals surface area contributed by atoms with Gasteiger partial charge in [-0.25, -0.2) is 0 Å². The monoisotopic (exact) mass is 490 g/mol. The smallest absolute Gasteiger partial charge is 0.191 e. The molecule has 1 fully saturated rings. The molecule has 2 N–H and O–H groups in total. The zero-order valence-electron chi connectivity index (χ0n) is 17.2. The molecule has 2 rings (SSSR count). The maximum atomic E-state index is 5.36. The van der Waals surface area contributed by atoms with Crippen molar-refractivity contribution < 1.29 is 9.47 Å². The summed E-state index contributed by atoms with van der Waals surface area (Å²) in [6, 6.07) is 5.93. The van der Waals surface area contributed by atoms with Crippen LogP contribution in [0.25, 0.3) is 0 Å². The van der Waals surface area contributed by atoms with Crippen LogP contribution in [0.1, 0.15) is 25.8 Å². The van der Waals surface area contributed by atoms with Crippen molar-refractivity contribution in [3.8, 4) is 11.5 Å². The van der Waals surface area contributed by atoms with Gasteiger partial charge in [-0.05, 0) is 36.0 Å². The molecule has 0 amide bonds. The van der Waals surface area contributed by atoms with Crippen LogP contribution in [0.2, 0.25) is 0 Å². The van der Waals surface area contributed by atoms with Crippen LogP contribution in [0.15, 0.2) is 23.2 Å². The standard InChI is InChI=1S/C20H34N4O2.HI/c1-15-10-16(2)14-24(13-15)9-8-22-20(21-3)23-12-17-6-7-18(25-4)19(11-17)26-5;/h6-7,11,15-16H,8-10,12-14H2,1-5H3,(H2,21,22,23);1H. The molecule has 0 aromatic heterocycles. The van der Waals surface area contributed by atoms with Crippen LogP contribution in [-0.2, 0) is 6.54 Å². The van der Waals surface area contributed by atoms with E-state index < -0.39 is 0 Å². The third kappa shape index (κ3) is 7.73. The van der Waals surface area contributed by atoms with E-state index in [-0.39, 0.29) is 24.0 Å². The first-order valence-corrected chi connectivity index (χ1v) is 9.43. The Morgan fingerprint density at radius 2 is 1.78 bits per heavy atom. The molecule has 1 aliphatic heterocycles. The van der Waals surface area contributed by atoms with E-state index in [1.54, 1.807) is 21.3 Å². The number of rotatable bonds is 7. The summed E-state index contributed by atoms with van der Waals surface area (Å²) in [5.41, 5.74) is 1.12. The van der Waals surface area contributed by atoms with Crippen molar-refractivity contribution in [2.24, 2.45) is 16.8 Å². The number of ether oxygens (including phenoxy) is 2. The number of halogens is 1. The molecule has 0 radical (unpaired) electrons. The number of hydrogen-bond donors (Lipinski definition) is 2. The summed E-state index contributed by atoms with van der Waals surface area (Å²) in [5.74, 6) is 3.88. The predicted molar refractivity (Wildman–Crippen MR) is 123 cm³/mol. The molecule has 154 valence electrons. The average Bonchev–Trinajstić information content (AvgIpc) is 2.63. The molecule has 7 heteroatoms. The van der Waals surface area contributed by atoms with Crippen LogP contribution in [-0.4, -0.2) is 58.3 Å². The lowest BCUT2D eigenvalue weighted by Crippen LogP contribution is -2.45. The van der Waals surface area contributed by atoms with Crippen LogP contribution in [0.3, 0.4) is 0 Å². The summed E-state index contributed by atoms with van der Waals surface area (Å²) in [7, 11) is 5.10.